The van der Waals surface area contributed by atoms with Gasteiger partial charge in [-0.3, -0.25) is 24.0 Å². The Hall–Kier alpha value is -2.91. The molecule has 0 spiro atoms. The number of carboxylic acids is 1. The number of carbonyl (C=O) groups is 5. The third-order valence-electron chi connectivity index (χ3n) is 4.03. The largest absolute Gasteiger partial charge is 0.480 e. The molecule has 0 aliphatic rings. The van der Waals surface area contributed by atoms with Gasteiger partial charge in [-0.25, -0.2) is 0 Å². The molecule has 35 heavy (non-hydrogen) atoms. The maximum atomic E-state index is 11.6. The minimum Gasteiger partial charge on any atom is -0.480 e. The Kier molecular flexibility index (Phi) is 19.8. The first-order chi connectivity index (χ1) is 16.8. The molecule has 6 N–H and O–H groups in total. The van der Waals surface area contributed by atoms with Gasteiger partial charge in [0.05, 0.1) is 46.2 Å². The molecule has 0 radical (unpaired) electrons. The lowest BCUT2D eigenvalue weighted by Crippen LogP contribution is -2.33. The van der Waals surface area contributed by atoms with Crippen molar-refractivity contribution < 1.29 is 48.0 Å². The van der Waals surface area contributed by atoms with Gasteiger partial charge in [0.1, 0.15) is 19.3 Å². The van der Waals surface area contributed by atoms with Gasteiger partial charge in [0.15, 0.2) is 5.78 Å². The van der Waals surface area contributed by atoms with E-state index in [2.05, 4.69) is 22.5 Å². The highest BCUT2D eigenvalue weighted by atomic mass is 16.5. The number of rotatable bonds is 23. The monoisotopic (exact) mass is 504 g/mol. The summed E-state index contributed by atoms with van der Waals surface area (Å²) in [6, 6.07) is -1.06. The maximum Gasteiger partial charge on any atom is 0.320 e. The summed E-state index contributed by atoms with van der Waals surface area (Å²) >= 11 is 0. The van der Waals surface area contributed by atoms with Gasteiger partial charge in [-0.2, -0.15) is 0 Å². The molecule has 0 heterocycles. The van der Waals surface area contributed by atoms with Crippen molar-refractivity contribution in [3.63, 3.8) is 0 Å². The fourth-order valence-corrected chi connectivity index (χ4v) is 2.15. The number of carbonyl (C=O) groups excluding carboxylic acids is 4. The molecule has 0 aromatic carbocycles. The van der Waals surface area contributed by atoms with Crippen molar-refractivity contribution in [1.29, 1.82) is 0 Å². The minimum absolute atomic E-state index is 0.0179. The van der Waals surface area contributed by atoms with E-state index < -0.39 is 17.9 Å². The van der Waals surface area contributed by atoms with Crippen molar-refractivity contribution in [1.82, 2.24) is 16.0 Å². The van der Waals surface area contributed by atoms with Crippen LogP contribution < -0.4 is 21.7 Å². The number of hydrogen-bond acceptors (Lipinski definition) is 10. The van der Waals surface area contributed by atoms with Gasteiger partial charge in [-0.05, 0) is 12.5 Å². The lowest BCUT2D eigenvalue weighted by Gasteiger charge is -2.09. The number of ketones is 1. The van der Waals surface area contributed by atoms with E-state index in [9.17, 15) is 24.0 Å². The summed E-state index contributed by atoms with van der Waals surface area (Å²) in [5.41, 5.74) is 5.31. The molecule has 14 heteroatoms. The van der Waals surface area contributed by atoms with Crippen LogP contribution in [0.3, 0.4) is 0 Å². The second-order valence-electron chi connectivity index (χ2n) is 6.96. The molecular formula is C21H36N4O10. The van der Waals surface area contributed by atoms with Crippen LogP contribution in [0.15, 0.2) is 12.7 Å². The molecule has 1 atom stereocenters. The molecule has 0 saturated heterocycles. The Balaban J connectivity index is 3.41. The van der Waals surface area contributed by atoms with E-state index in [0.717, 1.165) is 6.08 Å². The van der Waals surface area contributed by atoms with Crippen molar-refractivity contribution >= 4 is 29.5 Å². The molecular weight excluding hydrogens is 468 g/mol. The van der Waals surface area contributed by atoms with E-state index in [-0.39, 0.29) is 103 Å². The average Bonchev–Trinajstić information content (AvgIpc) is 2.83. The van der Waals surface area contributed by atoms with Gasteiger partial charge in [0.25, 0.3) is 0 Å². The predicted molar refractivity (Wildman–Crippen MR) is 122 cm³/mol. The zero-order valence-corrected chi connectivity index (χ0v) is 19.8. The zero-order valence-electron chi connectivity index (χ0n) is 19.8. The van der Waals surface area contributed by atoms with E-state index in [1.54, 1.807) is 0 Å². The SMILES string of the molecule is C=CC(=O)CNC(=O)COCCOCCNC(=O)COCCOCCNC(=O)CC[C@H](N)C(=O)O. The summed E-state index contributed by atoms with van der Waals surface area (Å²) in [4.78, 5) is 56.0. The fourth-order valence-electron chi connectivity index (χ4n) is 2.15. The van der Waals surface area contributed by atoms with Gasteiger partial charge in [-0.15, -0.1) is 0 Å². The van der Waals surface area contributed by atoms with Crippen LogP contribution in [0.1, 0.15) is 12.8 Å². The van der Waals surface area contributed by atoms with E-state index in [1.807, 2.05) is 0 Å². The molecule has 0 bridgehead atoms. The number of hydrogen-bond donors (Lipinski definition) is 5. The average molecular weight is 505 g/mol. The molecule has 0 aliphatic heterocycles. The van der Waals surface area contributed by atoms with Crippen molar-refractivity contribution in [2.75, 3.05) is 72.5 Å². The second kappa shape index (κ2) is 21.6. The third kappa shape index (κ3) is 21.4. The molecule has 0 aromatic rings. The quantitative estimate of drug-likeness (QED) is 0.0717. The van der Waals surface area contributed by atoms with Crippen LogP contribution >= 0.6 is 0 Å². The van der Waals surface area contributed by atoms with E-state index in [1.165, 1.54) is 0 Å². The van der Waals surface area contributed by atoms with Gasteiger partial charge < -0.3 is 45.7 Å². The Labute approximate surface area is 203 Å². The molecule has 0 fully saturated rings. The van der Waals surface area contributed by atoms with Crippen LogP contribution in [0.5, 0.6) is 0 Å². The van der Waals surface area contributed by atoms with Crippen LogP contribution in [0.25, 0.3) is 0 Å². The Morgan fingerprint density at radius 1 is 0.771 bits per heavy atom. The van der Waals surface area contributed by atoms with Gasteiger partial charge in [-0.1, -0.05) is 6.58 Å². The first kappa shape index (κ1) is 32.1. The Bertz CT molecular complexity index is 674. The molecule has 14 nitrogen and oxygen atoms in total. The molecule has 0 aromatic heterocycles. The normalized spacial score (nSPS) is 11.3. The van der Waals surface area contributed by atoms with Crippen LogP contribution in [-0.4, -0.2) is 113 Å². The molecule has 0 aliphatic carbocycles. The van der Waals surface area contributed by atoms with Crippen molar-refractivity contribution in [3.05, 3.63) is 12.7 Å². The molecule has 0 rings (SSSR count). The van der Waals surface area contributed by atoms with Gasteiger partial charge >= 0.3 is 5.97 Å². The first-order valence-corrected chi connectivity index (χ1v) is 11.0. The molecule has 0 unspecified atom stereocenters. The topological polar surface area (TPSA) is 205 Å². The number of ether oxygens (including phenoxy) is 4. The standard InChI is InChI=1S/C21H36N4O10/c1-2-16(26)13-25-20(29)15-35-12-10-33-8-6-24-19(28)14-34-11-9-32-7-5-23-18(27)4-3-17(22)21(30)31/h2,17H,1,3-15,22H2,(H,23,27)(H,24,28)(H,25,29)(H,30,31)/t17-/m0/s1. The highest BCUT2D eigenvalue weighted by molar-refractivity contribution is 5.93. The van der Waals surface area contributed by atoms with Crippen molar-refractivity contribution in [2.45, 2.75) is 18.9 Å². The number of aliphatic carboxylic acids is 1. The minimum atomic E-state index is -1.15. The van der Waals surface area contributed by atoms with Crippen LogP contribution in [-0.2, 0) is 42.9 Å². The van der Waals surface area contributed by atoms with Crippen LogP contribution in [0, 0.1) is 0 Å². The Morgan fingerprint density at radius 2 is 1.26 bits per heavy atom. The third-order valence-corrected chi connectivity index (χ3v) is 4.03. The smallest absolute Gasteiger partial charge is 0.320 e. The van der Waals surface area contributed by atoms with Crippen LogP contribution in [0.2, 0.25) is 0 Å². The first-order valence-electron chi connectivity index (χ1n) is 11.0. The van der Waals surface area contributed by atoms with Crippen LogP contribution in [0.4, 0.5) is 0 Å². The van der Waals surface area contributed by atoms with E-state index in [4.69, 9.17) is 29.8 Å². The zero-order chi connectivity index (χ0) is 26.3. The Morgan fingerprint density at radius 3 is 1.77 bits per heavy atom. The summed E-state index contributed by atoms with van der Waals surface area (Å²) in [6.45, 7) is 4.73. The van der Waals surface area contributed by atoms with Crippen molar-refractivity contribution in [2.24, 2.45) is 5.73 Å². The number of carboxylic acid groups (broad SMARTS) is 1. The molecule has 200 valence electrons. The lowest BCUT2D eigenvalue weighted by atomic mass is 10.1. The number of amides is 3. The summed E-state index contributed by atoms with van der Waals surface area (Å²) in [7, 11) is 0. The highest BCUT2D eigenvalue weighted by Crippen LogP contribution is 1.94. The van der Waals surface area contributed by atoms with E-state index >= 15 is 0 Å². The summed E-state index contributed by atoms with van der Waals surface area (Å²) in [5, 5.41) is 16.2. The summed E-state index contributed by atoms with van der Waals surface area (Å²) in [5.74, 6) is -2.48. The molecule has 0 saturated carbocycles. The maximum absolute atomic E-state index is 11.6. The van der Waals surface area contributed by atoms with Gasteiger partial charge in [0.2, 0.25) is 17.7 Å². The lowest BCUT2D eigenvalue weighted by molar-refractivity contribution is -0.138. The predicted octanol–water partition coefficient (Wildman–Crippen LogP) is -2.65. The summed E-state index contributed by atoms with van der Waals surface area (Å²) in [6.07, 6.45) is 1.19. The fraction of sp³-hybridized carbons (Fsp3) is 0.667. The van der Waals surface area contributed by atoms with E-state index in [0.29, 0.717) is 0 Å². The summed E-state index contributed by atoms with van der Waals surface area (Å²) < 4.78 is 20.8. The van der Waals surface area contributed by atoms with Gasteiger partial charge in [0, 0.05) is 19.5 Å². The second-order valence-corrected chi connectivity index (χ2v) is 6.96. The number of nitrogens with one attached hydrogen (secondary N) is 3. The van der Waals surface area contributed by atoms with Crippen molar-refractivity contribution in [3.8, 4) is 0 Å². The molecule has 3 amide bonds. The number of nitrogens with two attached hydrogens (primary N) is 1. The highest BCUT2D eigenvalue weighted by Gasteiger charge is 2.13.